The van der Waals surface area contributed by atoms with Crippen molar-refractivity contribution in [1.29, 1.82) is 0 Å². The molecule has 0 spiro atoms. The van der Waals surface area contributed by atoms with Crippen LogP contribution in [0, 0.1) is 10.1 Å². The molecule has 1 saturated carbocycles. The molecule has 0 amide bonds. The summed E-state index contributed by atoms with van der Waals surface area (Å²) in [7, 11) is 0. The number of nitro groups is 1. The Kier molecular flexibility index (Phi) is 4.24. The van der Waals surface area contributed by atoms with Gasteiger partial charge in [-0.25, -0.2) is 0 Å². The van der Waals surface area contributed by atoms with Crippen LogP contribution in [0.15, 0.2) is 18.2 Å². The van der Waals surface area contributed by atoms with Gasteiger partial charge in [-0.3, -0.25) is 10.1 Å². The van der Waals surface area contributed by atoms with Crippen LogP contribution in [-0.4, -0.2) is 29.8 Å². The number of nitrogens with zero attached hydrogens (tertiary/aromatic N) is 1. The summed E-state index contributed by atoms with van der Waals surface area (Å²) in [6, 6.07) is 4.32. The lowest BCUT2D eigenvalue weighted by atomic mass is 9.86. The van der Waals surface area contributed by atoms with Gasteiger partial charge in [0.05, 0.1) is 9.95 Å². The molecule has 0 aliphatic heterocycles. The molecule has 2 rings (SSSR count). The Morgan fingerprint density at radius 1 is 1.58 bits per heavy atom. The molecule has 0 heterocycles. The molecule has 1 aromatic carbocycles. The number of ether oxygens (including phenoxy) is 2. The second kappa shape index (κ2) is 5.73. The molecule has 2 N–H and O–H groups in total. The molecule has 3 atom stereocenters. The number of para-hydroxylation sites is 1. The fraction of sp³-hybridized carbons (Fsp3) is 0.500. The quantitative estimate of drug-likeness (QED) is 0.662. The van der Waals surface area contributed by atoms with E-state index in [2.05, 4.69) is 0 Å². The molecule has 1 aliphatic rings. The van der Waals surface area contributed by atoms with Crippen LogP contribution in [0.3, 0.4) is 0 Å². The van der Waals surface area contributed by atoms with Crippen molar-refractivity contribution in [2.45, 2.75) is 31.6 Å². The molecule has 104 valence electrons. The Labute approximate surface area is 115 Å². The predicted molar refractivity (Wildman–Crippen MR) is 70.5 cm³/mol. The Bertz CT molecular complexity index is 483. The van der Waals surface area contributed by atoms with Crippen LogP contribution in [-0.2, 0) is 4.74 Å². The van der Waals surface area contributed by atoms with Crippen LogP contribution in [0.1, 0.15) is 13.3 Å². The lowest BCUT2D eigenvalue weighted by Crippen LogP contribution is -2.59. The van der Waals surface area contributed by atoms with Crippen molar-refractivity contribution < 1.29 is 14.4 Å². The average Bonchev–Trinajstić information content (AvgIpc) is 2.37. The third-order valence-corrected chi connectivity index (χ3v) is 3.36. The molecule has 0 bridgehead atoms. The van der Waals surface area contributed by atoms with E-state index in [0.29, 0.717) is 13.0 Å². The van der Waals surface area contributed by atoms with Gasteiger partial charge in [0, 0.05) is 25.1 Å². The van der Waals surface area contributed by atoms with E-state index < -0.39 is 4.92 Å². The summed E-state index contributed by atoms with van der Waals surface area (Å²) in [5, 5.41) is 11.2. The normalized spacial score (nSPS) is 25.7. The van der Waals surface area contributed by atoms with Crippen molar-refractivity contribution in [2.75, 3.05) is 6.61 Å². The Balaban J connectivity index is 2.17. The number of nitrogens with two attached hydrogens (primary N) is 1. The first-order valence-corrected chi connectivity index (χ1v) is 6.39. The van der Waals surface area contributed by atoms with E-state index in [0.717, 1.165) is 0 Å². The molecule has 7 heteroatoms. The third-order valence-electron chi connectivity index (χ3n) is 3.06. The van der Waals surface area contributed by atoms with Gasteiger partial charge in [0.2, 0.25) is 5.75 Å². The second-order valence-electron chi connectivity index (χ2n) is 4.32. The number of hydrogen-bond acceptors (Lipinski definition) is 5. The first kappa shape index (κ1) is 14.0. The highest BCUT2D eigenvalue weighted by Gasteiger charge is 2.42. The zero-order valence-corrected chi connectivity index (χ0v) is 11.2. The molecular formula is C12H15ClN2O4. The highest BCUT2D eigenvalue weighted by atomic mass is 35.5. The monoisotopic (exact) mass is 286 g/mol. The molecule has 6 nitrogen and oxygen atoms in total. The molecule has 3 unspecified atom stereocenters. The summed E-state index contributed by atoms with van der Waals surface area (Å²) in [4.78, 5) is 10.4. The molecule has 19 heavy (non-hydrogen) atoms. The zero-order valence-electron chi connectivity index (χ0n) is 10.4. The molecule has 0 radical (unpaired) electrons. The van der Waals surface area contributed by atoms with E-state index >= 15 is 0 Å². The Morgan fingerprint density at radius 2 is 2.32 bits per heavy atom. The maximum Gasteiger partial charge on any atom is 0.312 e. The van der Waals surface area contributed by atoms with E-state index in [1.54, 1.807) is 6.07 Å². The van der Waals surface area contributed by atoms with E-state index in [4.69, 9.17) is 26.8 Å². The summed E-state index contributed by atoms with van der Waals surface area (Å²) in [5.74, 6) is 0.0794. The van der Waals surface area contributed by atoms with Crippen molar-refractivity contribution in [2.24, 2.45) is 5.73 Å². The van der Waals surface area contributed by atoms with Crippen LogP contribution >= 0.6 is 11.6 Å². The summed E-state index contributed by atoms with van der Waals surface area (Å²) < 4.78 is 11.1. The van der Waals surface area contributed by atoms with Gasteiger partial charge in [-0.05, 0) is 13.0 Å². The molecule has 1 aromatic rings. The minimum atomic E-state index is -0.518. The van der Waals surface area contributed by atoms with Gasteiger partial charge in [0.1, 0.15) is 12.2 Å². The Hall–Kier alpha value is -1.37. The molecule has 1 fully saturated rings. The van der Waals surface area contributed by atoms with Gasteiger partial charge in [0.15, 0.2) is 0 Å². The lowest BCUT2D eigenvalue weighted by Gasteiger charge is -2.41. The van der Waals surface area contributed by atoms with E-state index in [-0.39, 0.29) is 34.7 Å². The smallest absolute Gasteiger partial charge is 0.312 e. The van der Waals surface area contributed by atoms with Gasteiger partial charge in [-0.2, -0.15) is 0 Å². The topological polar surface area (TPSA) is 87.6 Å². The fourth-order valence-electron chi connectivity index (χ4n) is 2.06. The molecule has 0 aromatic heterocycles. The van der Waals surface area contributed by atoms with Crippen molar-refractivity contribution in [3.05, 3.63) is 33.3 Å². The highest BCUT2D eigenvalue weighted by Crippen LogP contribution is 2.38. The first-order valence-electron chi connectivity index (χ1n) is 6.01. The van der Waals surface area contributed by atoms with Crippen LogP contribution in [0.5, 0.6) is 5.75 Å². The van der Waals surface area contributed by atoms with Crippen molar-refractivity contribution >= 4 is 17.3 Å². The maximum absolute atomic E-state index is 10.9. The Morgan fingerprint density at radius 3 is 2.89 bits per heavy atom. The van der Waals surface area contributed by atoms with Gasteiger partial charge in [-0.1, -0.05) is 17.7 Å². The number of nitro benzene ring substituents is 1. The maximum atomic E-state index is 10.9. The van der Waals surface area contributed by atoms with Gasteiger partial charge in [-0.15, -0.1) is 0 Å². The predicted octanol–water partition coefficient (Wildman–Crippen LogP) is 2.13. The summed E-state index contributed by atoms with van der Waals surface area (Å²) in [5.41, 5.74) is 5.67. The van der Waals surface area contributed by atoms with Gasteiger partial charge >= 0.3 is 5.69 Å². The van der Waals surface area contributed by atoms with Gasteiger partial charge in [0.25, 0.3) is 0 Å². The molecule has 1 aliphatic carbocycles. The second-order valence-corrected chi connectivity index (χ2v) is 4.73. The highest BCUT2D eigenvalue weighted by molar-refractivity contribution is 6.32. The van der Waals surface area contributed by atoms with Crippen molar-refractivity contribution in [1.82, 2.24) is 0 Å². The number of benzene rings is 1. The summed E-state index contributed by atoms with van der Waals surface area (Å²) >= 11 is 5.96. The summed E-state index contributed by atoms with van der Waals surface area (Å²) in [6.07, 6.45) is 0.0435. The van der Waals surface area contributed by atoms with E-state index in [1.807, 2.05) is 6.92 Å². The standard InChI is InChI=1S/C12H15ClN2O4/c1-2-18-12-8(14)6-10(12)19-11-7(13)4-3-5-9(11)15(16)17/h3-5,8,10,12H,2,6,14H2,1H3. The lowest BCUT2D eigenvalue weighted by molar-refractivity contribution is -0.386. The van der Waals surface area contributed by atoms with E-state index in [1.165, 1.54) is 12.1 Å². The number of halogens is 1. The third kappa shape index (κ3) is 2.80. The number of hydrogen-bond donors (Lipinski definition) is 1. The van der Waals surface area contributed by atoms with Crippen LogP contribution in [0.25, 0.3) is 0 Å². The van der Waals surface area contributed by atoms with Crippen LogP contribution in [0.2, 0.25) is 5.02 Å². The molecular weight excluding hydrogens is 272 g/mol. The zero-order chi connectivity index (χ0) is 14.0. The summed E-state index contributed by atoms with van der Waals surface area (Å²) in [6.45, 7) is 2.38. The molecule has 0 saturated heterocycles. The van der Waals surface area contributed by atoms with Crippen molar-refractivity contribution in [3.63, 3.8) is 0 Å². The van der Waals surface area contributed by atoms with Crippen LogP contribution in [0.4, 0.5) is 5.69 Å². The van der Waals surface area contributed by atoms with Gasteiger partial charge < -0.3 is 15.2 Å². The fourth-order valence-corrected chi connectivity index (χ4v) is 2.28. The number of rotatable bonds is 5. The van der Waals surface area contributed by atoms with Crippen molar-refractivity contribution in [3.8, 4) is 5.75 Å². The minimum Gasteiger partial charge on any atom is -0.480 e. The van der Waals surface area contributed by atoms with E-state index in [9.17, 15) is 10.1 Å². The largest absolute Gasteiger partial charge is 0.480 e. The first-order chi connectivity index (χ1) is 9.04. The van der Waals surface area contributed by atoms with Crippen LogP contribution < -0.4 is 10.5 Å². The average molecular weight is 287 g/mol. The SMILES string of the molecule is CCOC1C(N)CC1Oc1c(Cl)cccc1[N+](=O)[O-]. The minimum absolute atomic E-state index is 0.0794.